The summed E-state index contributed by atoms with van der Waals surface area (Å²) in [5, 5.41) is 4.00. The summed E-state index contributed by atoms with van der Waals surface area (Å²) in [6, 6.07) is 6.47. The summed E-state index contributed by atoms with van der Waals surface area (Å²) in [5.41, 5.74) is 5.19. The van der Waals surface area contributed by atoms with Crippen LogP contribution < -0.4 is 5.32 Å². The Balaban J connectivity index is 2.41. The van der Waals surface area contributed by atoms with E-state index < -0.39 is 0 Å². The van der Waals surface area contributed by atoms with Gasteiger partial charge in [0.25, 0.3) is 0 Å². The quantitative estimate of drug-likeness (QED) is 0.907. The standard InChI is InChI=1S/C13H15ClN2S/c1-8(15-3)11-5-4-10(6-12(11)14)13-9(2)16-7-17-13/h4-8,15H,1-3H3. The van der Waals surface area contributed by atoms with Crippen molar-refractivity contribution in [3.8, 4) is 10.4 Å². The van der Waals surface area contributed by atoms with E-state index in [1.807, 2.05) is 25.5 Å². The highest BCUT2D eigenvalue weighted by Gasteiger charge is 2.11. The molecule has 2 aromatic rings. The molecule has 1 N–H and O–H groups in total. The molecule has 0 bridgehead atoms. The van der Waals surface area contributed by atoms with Crippen LogP contribution in [0.4, 0.5) is 0 Å². The topological polar surface area (TPSA) is 24.9 Å². The van der Waals surface area contributed by atoms with Crippen LogP contribution in [-0.4, -0.2) is 12.0 Å². The predicted molar refractivity (Wildman–Crippen MR) is 74.8 cm³/mol. The van der Waals surface area contributed by atoms with Crippen molar-refractivity contribution in [2.45, 2.75) is 19.9 Å². The van der Waals surface area contributed by atoms with Gasteiger partial charge in [0.2, 0.25) is 0 Å². The monoisotopic (exact) mass is 266 g/mol. The SMILES string of the molecule is CNC(C)c1ccc(-c2scnc2C)cc1Cl. The molecular formula is C13H15ClN2S. The van der Waals surface area contributed by atoms with Gasteiger partial charge in [-0.05, 0) is 38.1 Å². The van der Waals surface area contributed by atoms with Crippen molar-refractivity contribution >= 4 is 22.9 Å². The third-order valence-electron chi connectivity index (χ3n) is 2.91. The molecule has 0 saturated carbocycles. The minimum Gasteiger partial charge on any atom is -0.313 e. The fourth-order valence-electron chi connectivity index (χ4n) is 1.75. The Kier molecular flexibility index (Phi) is 3.82. The molecule has 0 aliphatic rings. The molecule has 1 atom stereocenters. The Morgan fingerprint density at radius 2 is 2.18 bits per heavy atom. The van der Waals surface area contributed by atoms with Crippen LogP contribution in [0.15, 0.2) is 23.7 Å². The van der Waals surface area contributed by atoms with E-state index in [9.17, 15) is 0 Å². The lowest BCUT2D eigenvalue weighted by Crippen LogP contribution is -2.12. The van der Waals surface area contributed by atoms with Gasteiger partial charge in [-0.15, -0.1) is 11.3 Å². The van der Waals surface area contributed by atoms with Crippen molar-refractivity contribution in [3.05, 3.63) is 40.0 Å². The summed E-state index contributed by atoms with van der Waals surface area (Å²) < 4.78 is 0. The van der Waals surface area contributed by atoms with Crippen molar-refractivity contribution in [3.63, 3.8) is 0 Å². The summed E-state index contributed by atoms with van der Waals surface area (Å²) in [4.78, 5) is 5.45. The molecule has 0 aliphatic heterocycles. The third kappa shape index (κ3) is 2.51. The Morgan fingerprint density at radius 3 is 2.71 bits per heavy atom. The van der Waals surface area contributed by atoms with E-state index in [4.69, 9.17) is 11.6 Å². The van der Waals surface area contributed by atoms with E-state index in [1.165, 1.54) is 4.88 Å². The highest BCUT2D eigenvalue weighted by atomic mass is 35.5. The van der Waals surface area contributed by atoms with Gasteiger partial charge in [0.05, 0.1) is 16.1 Å². The van der Waals surface area contributed by atoms with Gasteiger partial charge in [0, 0.05) is 11.1 Å². The molecule has 1 aromatic heterocycles. The molecule has 1 aromatic carbocycles. The number of aromatic nitrogens is 1. The molecular weight excluding hydrogens is 252 g/mol. The molecule has 0 amide bonds. The summed E-state index contributed by atoms with van der Waals surface area (Å²) in [7, 11) is 1.93. The van der Waals surface area contributed by atoms with Crippen LogP contribution in [0, 0.1) is 6.92 Å². The van der Waals surface area contributed by atoms with E-state index in [1.54, 1.807) is 11.3 Å². The zero-order valence-corrected chi connectivity index (χ0v) is 11.7. The smallest absolute Gasteiger partial charge is 0.0801 e. The largest absolute Gasteiger partial charge is 0.313 e. The van der Waals surface area contributed by atoms with Gasteiger partial charge in [-0.2, -0.15) is 0 Å². The number of nitrogens with one attached hydrogen (secondary N) is 1. The fraction of sp³-hybridized carbons (Fsp3) is 0.308. The van der Waals surface area contributed by atoms with Crippen LogP contribution in [0.3, 0.4) is 0 Å². The first-order chi connectivity index (χ1) is 8.13. The summed E-state index contributed by atoms with van der Waals surface area (Å²) in [6.07, 6.45) is 0. The Labute approximate surface area is 111 Å². The van der Waals surface area contributed by atoms with Crippen LogP contribution in [0.1, 0.15) is 24.2 Å². The number of hydrogen-bond donors (Lipinski definition) is 1. The summed E-state index contributed by atoms with van der Waals surface area (Å²) in [5.74, 6) is 0. The number of hydrogen-bond acceptors (Lipinski definition) is 3. The number of halogens is 1. The van der Waals surface area contributed by atoms with Gasteiger partial charge in [0.1, 0.15) is 0 Å². The number of thiazole rings is 1. The van der Waals surface area contributed by atoms with Crippen molar-refractivity contribution in [2.75, 3.05) is 7.05 Å². The van der Waals surface area contributed by atoms with E-state index in [2.05, 4.69) is 29.4 Å². The second-order valence-corrected chi connectivity index (χ2v) is 5.28. The molecule has 2 rings (SSSR count). The molecule has 0 saturated heterocycles. The lowest BCUT2D eigenvalue weighted by atomic mass is 10.0. The number of benzene rings is 1. The van der Waals surface area contributed by atoms with Crippen LogP contribution in [0.5, 0.6) is 0 Å². The van der Waals surface area contributed by atoms with E-state index in [0.29, 0.717) is 0 Å². The first-order valence-electron chi connectivity index (χ1n) is 5.50. The summed E-state index contributed by atoms with van der Waals surface area (Å²) in [6.45, 7) is 4.11. The van der Waals surface area contributed by atoms with Gasteiger partial charge in [-0.25, -0.2) is 4.98 Å². The van der Waals surface area contributed by atoms with Crippen molar-refractivity contribution in [1.29, 1.82) is 0 Å². The van der Waals surface area contributed by atoms with Crippen LogP contribution in [-0.2, 0) is 0 Å². The molecule has 0 aliphatic carbocycles. The molecule has 1 unspecified atom stereocenters. The Bertz CT molecular complexity index is 522. The minimum atomic E-state index is 0.263. The van der Waals surface area contributed by atoms with Crippen LogP contribution >= 0.6 is 22.9 Å². The van der Waals surface area contributed by atoms with Gasteiger partial charge >= 0.3 is 0 Å². The number of nitrogens with zero attached hydrogens (tertiary/aromatic N) is 1. The number of rotatable bonds is 3. The molecule has 0 radical (unpaired) electrons. The second-order valence-electron chi connectivity index (χ2n) is 4.01. The second kappa shape index (κ2) is 5.17. The molecule has 4 heteroatoms. The lowest BCUT2D eigenvalue weighted by Gasteiger charge is -2.13. The van der Waals surface area contributed by atoms with Gasteiger partial charge in [0.15, 0.2) is 0 Å². The molecule has 90 valence electrons. The predicted octanol–water partition coefficient (Wildman–Crippen LogP) is 4.05. The molecule has 0 spiro atoms. The van der Waals surface area contributed by atoms with E-state index >= 15 is 0 Å². The first kappa shape index (κ1) is 12.6. The van der Waals surface area contributed by atoms with Crippen LogP contribution in [0.25, 0.3) is 10.4 Å². The Morgan fingerprint density at radius 1 is 1.41 bits per heavy atom. The maximum absolute atomic E-state index is 6.32. The van der Waals surface area contributed by atoms with Gasteiger partial charge in [-0.3, -0.25) is 0 Å². The van der Waals surface area contributed by atoms with Crippen molar-refractivity contribution in [1.82, 2.24) is 10.3 Å². The number of aryl methyl sites for hydroxylation is 1. The zero-order valence-electron chi connectivity index (χ0n) is 10.1. The maximum Gasteiger partial charge on any atom is 0.0801 e. The maximum atomic E-state index is 6.32. The highest BCUT2D eigenvalue weighted by Crippen LogP contribution is 2.32. The van der Waals surface area contributed by atoms with Gasteiger partial charge in [-0.1, -0.05) is 23.7 Å². The molecule has 2 nitrogen and oxygen atoms in total. The minimum absolute atomic E-state index is 0.263. The third-order valence-corrected chi connectivity index (χ3v) is 4.21. The average molecular weight is 267 g/mol. The van der Waals surface area contributed by atoms with E-state index in [-0.39, 0.29) is 6.04 Å². The van der Waals surface area contributed by atoms with Crippen molar-refractivity contribution < 1.29 is 0 Å². The normalized spacial score (nSPS) is 12.7. The lowest BCUT2D eigenvalue weighted by molar-refractivity contribution is 0.652. The first-order valence-corrected chi connectivity index (χ1v) is 6.76. The van der Waals surface area contributed by atoms with Crippen LogP contribution in [0.2, 0.25) is 5.02 Å². The Hall–Kier alpha value is -0.900. The summed E-state index contributed by atoms with van der Waals surface area (Å²) >= 11 is 7.96. The van der Waals surface area contributed by atoms with Gasteiger partial charge < -0.3 is 5.32 Å². The van der Waals surface area contributed by atoms with E-state index in [0.717, 1.165) is 21.8 Å². The molecule has 17 heavy (non-hydrogen) atoms. The average Bonchev–Trinajstić information content (AvgIpc) is 2.74. The highest BCUT2D eigenvalue weighted by molar-refractivity contribution is 7.13. The van der Waals surface area contributed by atoms with Crippen molar-refractivity contribution in [2.24, 2.45) is 0 Å². The molecule has 1 heterocycles. The fourth-order valence-corrected chi connectivity index (χ4v) is 2.90. The zero-order chi connectivity index (χ0) is 12.4. The molecule has 0 fully saturated rings.